The van der Waals surface area contributed by atoms with Crippen LogP contribution in [0.25, 0.3) is 0 Å². The van der Waals surface area contributed by atoms with Crippen molar-refractivity contribution in [1.29, 1.82) is 0 Å². The smallest absolute Gasteiger partial charge is 0.239 e. The topological polar surface area (TPSA) is 50.8 Å². The van der Waals surface area contributed by atoms with Crippen molar-refractivity contribution in [3.63, 3.8) is 0 Å². The maximum atomic E-state index is 12.3. The Balaban J connectivity index is 1.42. The molecular weight excluding hydrogens is 360 g/mol. The zero-order valence-electron chi connectivity index (χ0n) is 15.6. The van der Waals surface area contributed by atoms with Crippen molar-refractivity contribution < 1.29 is 14.3 Å². The zero-order chi connectivity index (χ0) is 18.9. The second kappa shape index (κ2) is 10.1. The van der Waals surface area contributed by atoms with Crippen molar-refractivity contribution in [2.45, 2.75) is 18.2 Å². The summed E-state index contributed by atoms with van der Waals surface area (Å²) in [5, 5.41) is 2.95. The van der Waals surface area contributed by atoms with Crippen molar-refractivity contribution in [1.82, 2.24) is 5.32 Å². The Morgan fingerprint density at radius 3 is 2.63 bits per heavy atom. The number of para-hydroxylation sites is 1. The molecule has 1 N–H and O–H groups in total. The van der Waals surface area contributed by atoms with E-state index in [0.717, 1.165) is 35.9 Å². The van der Waals surface area contributed by atoms with Gasteiger partial charge in [-0.15, -0.1) is 11.8 Å². The monoisotopic (exact) mass is 386 g/mol. The number of carbonyl (C=O) groups excluding carboxylic acids is 1. The molecule has 1 amide bonds. The van der Waals surface area contributed by atoms with Gasteiger partial charge in [0.15, 0.2) is 0 Å². The number of fused-ring (bicyclic) bond motifs is 1. The lowest BCUT2D eigenvalue weighted by atomic mass is 10.2. The summed E-state index contributed by atoms with van der Waals surface area (Å²) in [4.78, 5) is 15.7. The Hall–Kier alpha value is -2.34. The molecule has 3 rings (SSSR count). The molecule has 2 aromatic carbocycles. The van der Waals surface area contributed by atoms with Crippen LogP contribution in [0.3, 0.4) is 0 Å². The molecule has 0 saturated heterocycles. The molecule has 0 atom stereocenters. The van der Waals surface area contributed by atoms with Gasteiger partial charge in [0.1, 0.15) is 18.1 Å². The van der Waals surface area contributed by atoms with Gasteiger partial charge in [-0.1, -0.05) is 12.1 Å². The Kier molecular flexibility index (Phi) is 7.27. The number of anilines is 1. The van der Waals surface area contributed by atoms with E-state index < -0.39 is 0 Å². The molecule has 6 heteroatoms. The van der Waals surface area contributed by atoms with Crippen LogP contribution in [0.1, 0.15) is 13.3 Å². The molecule has 2 aromatic rings. The Morgan fingerprint density at radius 2 is 1.85 bits per heavy atom. The molecule has 0 spiro atoms. The van der Waals surface area contributed by atoms with Gasteiger partial charge in [0.05, 0.1) is 25.4 Å². The number of carbonyl (C=O) groups is 1. The molecule has 27 heavy (non-hydrogen) atoms. The predicted molar refractivity (Wildman–Crippen MR) is 110 cm³/mol. The van der Waals surface area contributed by atoms with Crippen LogP contribution in [0.15, 0.2) is 53.4 Å². The minimum atomic E-state index is 0.0204. The minimum Gasteiger partial charge on any atom is -0.494 e. The highest BCUT2D eigenvalue weighted by atomic mass is 32.2. The van der Waals surface area contributed by atoms with Gasteiger partial charge in [0.25, 0.3) is 0 Å². The van der Waals surface area contributed by atoms with E-state index in [1.54, 1.807) is 0 Å². The lowest BCUT2D eigenvalue weighted by Crippen LogP contribution is -2.39. The maximum Gasteiger partial charge on any atom is 0.239 e. The first-order valence-electron chi connectivity index (χ1n) is 9.35. The van der Waals surface area contributed by atoms with E-state index in [0.29, 0.717) is 26.3 Å². The van der Waals surface area contributed by atoms with Crippen LogP contribution < -0.4 is 19.7 Å². The molecule has 0 saturated carbocycles. The molecule has 0 fully saturated rings. The molecule has 1 aliphatic heterocycles. The average Bonchev–Trinajstić information content (AvgIpc) is 2.89. The van der Waals surface area contributed by atoms with Gasteiger partial charge in [-0.3, -0.25) is 4.79 Å². The van der Waals surface area contributed by atoms with E-state index in [1.807, 2.05) is 55.1 Å². The summed E-state index contributed by atoms with van der Waals surface area (Å²) in [5.74, 6) is 2.71. The third kappa shape index (κ3) is 5.82. The summed E-state index contributed by atoms with van der Waals surface area (Å²) in [6, 6.07) is 15.8. The Morgan fingerprint density at radius 1 is 1.11 bits per heavy atom. The number of nitrogens with one attached hydrogen (secondary N) is 1. The average molecular weight is 387 g/mol. The van der Waals surface area contributed by atoms with Crippen molar-refractivity contribution in [2.75, 3.05) is 43.5 Å². The van der Waals surface area contributed by atoms with Gasteiger partial charge >= 0.3 is 0 Å². The zero-order valence-corrected chi connectivity index (χ0v) is 16.5. The van der Waals surface area contributed by atoms with Crippen molar-refractivity contribution in [3.05, 3.63) is 48.5 Å². The fourth-order valence-electron chi connectivity index (χ4n) is 2.95. The summed E-state index contributed by atoms with van der Waals surface area (Å²) in [7, 11) is 0. The van der Waals surface area contributed by atoms with Gasteiger partial charge in [-0.25, -0.2) is 0 Å². The molecule has 0 radical (unpaired) electrons. The van der Waals surface area contributed by atoms with Gasteiger partial charge in [0.2, 0.25) is 5.91 Å². The number of hydrogen-bond acceptors (Lipinski definition) is 5. The fraction of sp³-hybridized carbons (Fsp3) is 0.381. The number of rotatable bonds is 8. The van der Waals surface area contributed by atoms with E-state index in [-0.39, 0.29) is 5.91 Å². The first-order valence-corrected chi connectivity index (χ1v) is 10.3. The second-order valence-electron chi connectivity index (χ2n) is 6.19. The number of thioether (sulfide) groups is 1. The highest BCUT2D eigenvalue weighted by Crippen LogP contribution is 2.33. The summed E-state index contributed by atoms with van der Waals surface area (Å²) >= 11 is 1.86. The molecule has 1 aliphatic rings. The molecule has 0 unspecified atom stereocenters. The Labute approximate surface area is 165 Å². The standard InChI is InChI=1S/C21H26N2O3S/c1-2-25-17-8-10-18(11-9-17)26-14-12-22-21(24)16-23-13-5-15-27-20-7-4-3-6-19(20)23/h3-4,6-11H,2,5,12-16H2,1H3,(H,22,24). The third-order valence-corrected chi connectivity index (χ3v) is 5.35. The summed E-state index contributed by atoms with van der Waals surface area (Å²) < 4.78 is 11.1. The highest BCUT2D eigenvalue weighted by Gasteiger charge is 2.17. The molecule has 1 heterocycles. The van der Waals surface area contributed by atoms with E-state index in [9.17, 15) is 4.79 Å². The number of benzene rings is 2. The normalized spacial score (nSPS) is 13.4. The van der Waals surface area contributed by atoms with Crippen LogP contribution in [0.2, 0.25) is 0 Å². The third-order valence-electron chi connectivity index (χ3n) is 4.20. The van der Waals surface area contributed by atoms with Crippen LogP contribution in [0.5, 0.6) is 11.5 Å². The van der Waals surface area contributed by atoms with Crippen molar-refractivity contribution in [3.8, 4) is 11.5 Å². The van der Waals surface area contributed by atoms with Crippen LogP contribution in [0, 0.1) is 0 Å². The number of ether oxygens (including phenoxy) is 2. The van der Waals surface area contributed by atoms with E-state index in [2.05, 4.69) is 22.3 Å². The minimum absolute atomic E-state index is 0.0204. The molecular formula is C21H26N2O3S. The van der Waals surface area contributed by atoms with Gasteiger partial charge in [0, 0.05) is 11.4 Å². The second-order valence-corrected chi connectivity index (χ2v) is 7.33. The molecule has 0 aromatic heterocycles. The van der Waals surface area contributed by atoms with Gasteiger partial charge in [-0.2, -0.15) is 0 Å². The summed E-state index contributed by atoms with van der Waals surface area (Å²) in [6.45, 7) is 4.80. The van der Waals surface area contributed by atoms with Crippen molar-refractivity contribution in [2.24, 2.45) is 0 Å². The molecule has 0 bridgehead atoms. The fourth-order valence-corrected chi connectivity index (χ4v) is 3.96. The van der Waals surface area contributed by atoms with Crippen molar-refractivity contribution >= 4 is 23.4 Å². The maximum absolute atomic E-state index is 12.3. The highest BCUT2D eigenvalue weighted by molar-refractivity contribution is 7.99. The number of amides is 1. The number of hydrogen-bond donors (Lipinski definition) is 1. The molecule has 0 aliphatic carbocycles. The summed E-state index contributed by atoms with van der Waals surface area (Å²) in [5.41, 5.74) is 1.15. The number of nitrogens with zero attached hydrogens (tertiary/aromatic N) is 1. The lowest BCUT2D eigenvalue weighted by molar-refractivity contribution is -0.119. The van der Waals surface area contributed by atoms with Crippen LogP contribution in [0.4, 0.5) is 5.69 Å². The largest absolute Gasteiger partial charge is 0.494 e. The molecule has 144 valence electrons. The van der Waals surface area contributed by atoms with Gasteiger partial charge in [-0.05, 0) is 55.5 Å². The van der Waals surface area contributed by atoms with Gasteiger partial charge < -0.3 is 19.7 Å². The SMILES string of the molecule is CCOc1ccc(OCCNC(=O)CN2CCCSc3ccccc32)cc1. The molecule has 5 nitrogen and oxygen atoms in total. The quantitative estimate of drug-likeness (QED) is 0.703. The van der Waals surface area contributed by atoms with E-state index in [1.165, 1.54) is 4.90 Å². The summed E-state index contributed by atoms with van der Waals surface area (Å²) in [6.07, 6.45) is 1.08. The van der Waals surface area contributed by atoms with E-state index in [4.69, 9.17) is 9.47 Å². The predicted octanol–water partition coefficient (Wildman–Crippen LogP) is 3.58. The Bertz CT molecular complexity index is 736. The lowest BCUT2D eigenvalue weighted by Gasteiger charge is -2.23. The first kappa shape index (κ1) is 19.4. The van der Waals surface area contributed by atoms with Crippen LogP contribution in [-0.2, 0) is 4.79 Å². The van der Waals surface area contributed by atoms with Crippen LogP contribution in [-0.4, -0.2) is 44.5 Å². The van der Waals surface area contributed by atoms with Crippen LogP contribution >= 0.6 is 11.8 Å². The first-order chi connectivity index (χ1) is 13.3. The van der Waals surface area contributed by atoms with E-state index >= 15 is 0 Å².